The van der Waals surface area contributed by atoms with E-state index in [9.17, 15) is 4.79 Å². The summed E-state index contributed by atoms with van der Waals surface area (Å²) in [5, 5.41) is 16.9. The van der Waals surface area contributed by atoms with Crippen LogP contribution in [0.15, 0.2) is 78.1 Å². The lowest BCUT2D eigenvalue weighted by atomic mass is 10.2. The monoisotopic (exact) mass is 444 g/mol. The second kappa shape index (κ2) is 9.40. The van der Waals surface area contributed by atoms with Crippen molar-refractivity contribution in [3.63, 3.8) is 0 Å². The summed E-state index contributed by atoms with van der Waals surface area (Å²) >= 11 is 1.37. The SMILES string of the molecule is O=C(CSc1nnc(-c2ccccc2)n1-c1ccccc1)Nc1ccnn1C1CCCC1. The molecule has 1 fully saturated rings. The molecule has 2 aromatic heterocycles. The Kier molecular flexibility index (Phi) is 6.02. The molecule has 0 bridgehead atoms. The molecule has 4 aromatic rings. The van der Waals surface area contributed by atoms with Gasteiger partial charge in [-0.3, -0.25) is 9.36 Å². The molecule has 1 amide bonds. The Labute approximate surface area is 190 Å². The molecule has 162 valence electrons. The van der Waals surface area contributed by atoms with Crippen molar-refractivity contribution in [1.82, 2.24) is 24.5 Å². The molecule has 1 aliphatic carbocycles. The first-order valence-electron chi connectivity index (χ1n) is 10.8. The van der Waals surface area contributed by atoms with Crippen LogP contribution in [0.3, 0.4) is 0 Å². The molecule has 0 aliphatic heterocycles. The van der Waals surface area contributed by atoms with Crippen LogP contribution in [0.5, 0.6) is 0 Å². The third kappa shape index (κ3) is 4.31. The summed E-state index contributed by atoms with van der Waals surface area (Å²) in [6, 6.07) is 22.2. The van der Waals surface area contributed by atoms with Crippen molar-refractivity contribution in [2.24, 2.45) is 0 Å². The molecular weight excluding hydrogens is 420 g/mol. The van der Waals surface area contributed by atoms with E-state index in [1.54, 1.807) is 6.20 Å². The van der Waals surface area contributed by atoms with E-state index < -0.39 is 0 Å². The number of amides is 1. The topological polar surface area (TPSA) is 77.6 Å². The number of anilines is 1. The smallest absolute Gasteiger partial charge is 0.235 e. The lowest BCUT2D eigenvalue weighted by Gasteiger charge is -2.14. The van der Waals surface area contributed by atoms with Crippen LogP contribution in [-0.2, 0) is 4.79 Å². The van der Waals surface area contributed by atoms with Crippen LogP contribution in [-0.4, -0.2) is 36.2 Å². The van der Waals surface area contributed by atoms with Crippen LogP contribution in [0, 0.1) is 0 Å². The van der Waals surface area contributed by atoms with Gasteiger partial charge in [0.15, 0.2) is 11.0 Å². The van der Waals surface area contributed by atoms with Crippen molar-refractivity contribution < 1.29 is 4.79 Å². The van der Waals surface area contributed by atoms with E-state index in [0.717, 1.165) is 35.7 Å². The summed E-state index contributed by atoms with van der Waals surface area (Å²) in [6.07, 6.45) is 6.40. The standard InChI is InChI=1S/C24H24N6OS/c31-22(26-21-15-16-25-30(21)20-13-7-8-14-20)17-32-24-28-27-23(18-9-3-1-4-10-18)29(24)19-11-5-2-6-12-19/h1-6,9-12,15-16,20H,7-8,13-14,17H2,(H,26,31). The van der Waals surface area contributed by atoms with Gasteiger partial charge in [-0.1, -0.05) is 73.1 Å². The maximum atomic E-state index is 12.7. The molecule has 1 N–H and O–H groups in total. The molecule has 8 heteroatoms. The van der Waals surface area contributed by atoms with E-state index in [-0.39, 0.29) is 11.7 Å². The number of thioether (sulfide) groups is 1. The van der Waals surface area contributed by atoms with Gasteiger partial charge in [0.25, 0.3) is 0 Å². The fourth-order valence-corrected chi connectivity index (χ4v) is 4.86. The number of para-hydroxylation sites is 1. The Morgan fingerprint density at radius 3 is 2.44 bits per heavy atom. The summed E-state index contributed by atoms with van der Waals surface area (Å²) in [5.74, 6) is 1.66. The van der Waals surface area contributed by atoms with E-state index in [0.29, 0.717) is 11.2 Å². The largest absolute Gasteiger partial charge is 0.310 e. The average molecular weight is 445 g/mol. The quantitative estimate of drug-likeness (QED) is 0.407. The zero-order chi connectivity index (χ0) is 21.8. The minimum absolute atomic E-state index is 0.0846. The van der Waals surface area contributed by atoms with Crippen molar-refractivity contribution in [2.75, 3.05) is 11.1 Å². The van der Waals surface area contributed by atoms with Gasteiger partial charge in [0, 0.05) is 17.3 Å². The Bertz CT molecular complexity index is 1180. The highest BCUT2D eigenvalue weighted by Crippen LogP contribution is 2.31. The number of aromatic nitrogens is 5. The number of hydrogen-bond acceptors (Lipinski definition) is 5. The van der Waals surface area contributed by atoms with Crippen LogP contribution >= 0.6 is 11.8 Å². The molecule has 0 atom stereocenters. The predicted molar refractivity (Wildman–Crippen MR) is 126 cm³/mol. The summed E-state index contributed by atoms with van der Waals surface area (Å²) in [4.78, 5) is 12.7. The fourth-order valence-electron chi connectivity index (χ4n) is 4.11. The number of carbonyl (C=O) groups excluding carboxylic acids is 1. The third-order valence-corrected chi connectivity index (χ3v) is 6.55. The molecule has 0 radical (unpaired) electrons. The Morgan fingerprint density at radius 1 is 0.969 bits per heavy atom. The van der Waals surface area contributed by atoms with Crippen LogP contribution in [0.2, 0.25) is 0 Å². The molecule has 32 heavy (non-hydrogen) atoms. The van der Waals surface area contributed by atoms with Crippen LogP contribution in [0.4, 0.5) is 5.82 Å². The third-order valence-electron chi connectivity index (χ3n) is 5.62. The average Bonchev–Trinajstić information content (AvgIpc) is 3.59. The van der Waals surface area contributed by atoms with Gasteiger partial charge >= 0.3 is 0 Å². The second-order valence-corrected chi connectivity index (χ2v) is 8.72. The first-order valence-corrected chi connectivity index (χ1v) is 11.8. The zero-order valence-electron chi connectivity index (χ0n) is 17.6. The van der Waals surface area contributed by atoms with E-state index in [1.807, 2.05) is 76.0 Å². The molecule has 0 spiro atoms. The van der Waals surface area contributed by atoms with E-state index in [4.69, 9.17) is 0 Å². The minimum Gasteiger partial charge on any atom is -0.310 e. The molecule has 1 aliphatic rings. The molecule has 0 saturated heterocycles. The number of benzene rings is 2. The highest BCUT2D eigenvalue weighted by atomic mass is 32.2. The highest BCUT2D eigenvalue weighted by molar-refractivity contribution is 7.99. The van der Waals surface area contributed by atoms with Crippen molar-refractivity contribution in [3.05, 3.63) is 72.9 Å². The number of hydrogen-bond donors (Lipinski definition) is 1. The van der Waals surface area contributed by atoms with E-state index in [2.05, 4.69) is 20.6 Å². The van der Waals surface area contributed by atoms with Crippen LogP contribution in [0.25, 0.3) is 17.1 Å². The highest BCUT2D eigenvalue weighted by Gasteiger charge is 2.21. The van der Waals surface area contributed by atoms with E-state index in [1.165, 1.54) is 24.6 Å². The molecule has 0 unspecified atom stereocenters. The predicted octanol–water partition coefficient (Wildman–Crippen LogP) is 4.98. The number of rotatable bonds is 7. The molecule has 7 nitrogen and oxygen atoms in total. The van der Waals surface area contributed by atoms with Crippen LogP contribution < -0.4 is 5.32 Å². The molecule has 5 rings (SSSR count). The lowest BCUT2D eigenvalue weighted by molar-refractivity contribution is -0.113. The fraction of sp³-hybridized carbons (Fsp3) is 0.250. The van der Waals surface area contributed by atoms with Gasteiger partial charge < -0.3 is 5.32 Å². The van der Waals surface area contributed by atoms with Crippen molar-refractivity contribution >= 4 is 23.5 Å². The Morgan fingerprint density at radius 2 is 1.69 bits per heavy atom. The normalized spacial score (nSPS) is 14.0. The van der Waals surface area contributed by atoms with E-state index >= 15 is 0 Å². The molecule has 2 heterocycles. The molecular formula is C24H24N6OS. The number of carbonyl (C=O) groups is 1. The number of nitrogens with zero attached hydrogens (tertiary/aromatic N) is 5. The maximum absolute atomic E-state index is 12.7. The summed E-state index contributed by atoms with van der Waals surface area (Å²) in [5.41, 5.74) is 1.93. The Balaban J connectivity index is 1.34. The van der Waals surface area contributed by atoms with Crippen molar-refractivity contribution in [3.8, 4) is 17.1 Å². The van der Waals surface area contributed by atoms with Gasteiger partial charge in [0.2, 0.25) is 5.91 Å². The summed E-state index contributed by atoms with van der Waals surface area (Å²) in [7, 11) is 0. The lowest BCUT2D eigenvalue weighted by Crippen LogP contribution is -2.19. The van der Waals surface area contributed by atoms with Crippen molar-refractivity contribution in [2.45, 2.75) is 36.9 Å². The summed E-state index contributed by atoms with van der Waals surface area (Å²) < 4.78 is 3.95. The summed E-state index contributed by atoms with van der Waals surface area (Å²) in [6.45, 7) is 0. The van der Waals surface area contributed by atoms with Crippen molar-refractivity contribution in [1.29, 1.82) is 0 Å². The van der Waals surface area contributed by atoms with Gasteiger partial charge in [0.05, 0.1) is 18.0 Å². The van der Waals surface area contributed by atoms with Gasteiger partial charge in [-0.05, 0) is 25.0 Å². The van der Waals surface area contributed by atoms with Gasteiger partial charge in [-0.25, -0.2) is 4.68 Å². The first kappa shape index (κ1) is 20.5. The Hall–Kier alpha value is -3.39. The van der Waals surface area contributed by atoms with Gasteiger partial charge in [-0.2, -0.15) is 5.10 Å². The maximum Gasteiger partial charge on any atom is 0.235 e. The number of nitrogens with one attached hydrogen (secondary N) is 1. The van der Waals surface area contributed by atoms with Crippen LogP contribution in [0.1, 0.15) is 31.7 Å². The second-order valence-electron chi connectivity index (χ2n) is 7.78. The van der Waals surface area contributed by atoms with Gasteiger partial charge in [-0.15, -0.1) is 10.2 Å². The minimum atomic E-state index is -0.0846. The van der Waals surface area contributed by atoms with Gasteiger partial charge in [0.1, 0.15) is 5.82 Å². The zero-order valence-corrected chi connectivity index (χ0v) is 18.4. The molecule has 2 aromatic carbocycles. The first-order chi connectivity index (χ1) is 15.8. The molecule has 1 saturated carbocycles.